The number of H-pyrrole nitrogens is 1. The number of alkyl halides is 2. The highest BCUT2D eigenvalue weighted by atomic mass is 19.3. The molecule has 1 aromatic carbocycles. The molecule has 140 valence electrons. The Balaban J connectivity index is 1.38. The molecule has 8 heteroatoms. The van der Waals surface area contributed by atoms with E-state index in [4.69, 9.17) is 0 Å². The summed E-state index contributed by atoms with van der Waals surface area (Å²) in [7, 11) is 0. The molecule has 0 atom stereocenters. The second-order valence-electron chi connectivity index (χ2n) is 7.34. The highest BCUT2D eigenvalue weighted by molar-refractivity contribution is 5.89. The third kappa shape index (κ3) is 3.13. The van der Waals surface area contributed by atoms with Crippen LogP contribution in [0.25, 0.3) is 10.9 Å². The molecule has 0 spiro atoms. The van der Waals surface area contributed by atoms with Crippen molar-refractivity contribution in [2.45, 2.75) is 43.9 Å². The summed E-state index contributed by atoms with van der Waals surface area (Å²) in [5.74, 6) is 2.95. The molecule has 2 aliphatic rings. The Morgan fingerprint density at radius 2 is 1.74 bits per heavy atom. The van der Waals surface area contributed by atoms with Crippen LogP contribution in [0.4, 0.5) is 14.6 Å². The van der Waals surface area contributed by atoms with Gasteiger partial charge >= 0.3 is 0 Å². The number of nitrogens with zero attached hydrogens (tertiary/aromatic N) is 5. The van der Waals surface area contributed by atoms with Crippen molar-refractivity contribution in [2.24, 2.45) is 0 Å². The van der Waals surface area contributed by atoms with Crippen LogP contribution >= 0.6 is 0 Å². The lowest BCUT2D eigenvalue weighted by Gasteiger charge is -2.32. The Kier molecular flexibility index (Phi) is 3.98. The van der Waals surface area contributed by atoms with E-state index in [1.165, 1.54) is 12.8 Å². The number of nitrogens with one attached hydrogen (secondary N) is 1. The molecule has 0 amide bonds. The third-order valence-corrected chi connectivity index (χ3v) is 5.44. The van der Waals surface area contributed by atoms with E-state index < -0.39 is 12.2 Å². The minimum atomic E-state index is -2.68. The molecule has 1 N–H and O–H groups in total. The second-order valence-corrected chi connectivity index (χ2v) is 7.34. The van der Waals surface area contributed by atoms with Crippen molar-refractivity contribution in [1.29, 1.82) is 0 Å². The lowest BCUT2D eigenvalue weighted by molar-refractivity contribution is 0.141. The molecule has 3 aromatic rings. The van der Waals surface area contributed by atoms with Crippen LogP contribution in [0.1, 0.15) is 61.4 Å². The fraction of sp³-hybridized carbons (Fsp3) is 0.474. The minimum absolute atomic E-state index is 0.323. The lowest BCUT2D eigenvalue weighted by atomic mass is 9.96. The van der Waals surface area contributed by atoms with Gasteiger partial charge in [0.05, 0.1) is 5.52 Å². The van der Waals surface area contributed by atoms with Crippen molar-refractivity contribution < 1.29 is 8.78 Å². The number of para-hydroxylation sites is 1. The zero-order valence-corrected chi connectivity index (χ0v) is 14.8. The average molecular weight is 370 g/mol. The highest BCUT2D eigenvalue weighted by Crippen LogP contribution is 2.39. The summed E-state index contributed by atoms with van der Waals surface area (Å²) in [6.07, 6.45) is 1.47. The van der Waals surface area contributed by atoms with Gasteiger partial charge in [0.15, 0.2) is 11.6 Å². The molecule has 2 aromatic heterocycles. The first-order chi connectivity index (χ1) is 13.2. The number of halogens is 2. The molecule has 0 radical (unpaired) electrons. The molecular formula is C19H20F2N6. The summed E-state index contributed by atoms with van der Waals surface area (Å²) >= 11 is 0. The number of benzene rings is 1. The monoisotopic (exact) mass is 370 g/mol. The first-order valence-corrected chi connectivity index (χ1v) is 9.41. The molecule has 0 bridgehead atoms. The molecule has 2 fully saturated rings. The SMILES string of the molecule is FC(F)c1nc(N2CCC(c3nc(C4CC4)n[nH]3)CC2)c2ccccc2n1. The van der Waals surface area contributed by atoms with Crippen LogP contribution in [-0.4, -0.2) is 38.2 Å². The summed E-state index contributed by atoms with van der Waals surface area (Å²) in [5, 5.41) is 8.27. The highest BCUT2D eigenvalue weighted by Gasteiger charge is 2.30. The molecule has 1 aliphatic carbocycles. The van der Waals surface area contributed by atoms with Gasteiger partial charge in [-0.25, -0.2) is 23.7 Å². The normalized spacial score (nSPS) is 18.6. The largest absolute Gasteiger partial charge is 0.356 e. The van der Waals surface area contributed by atoms with Gasteiger partial charge in [-0.1, -0.05) is 12.1 Å². The van der Waals surface area contributed by atoms with Gasteiger partial charge in [-0.05, 0) is 37.8 Å². The summed E-state index contributed by atoms with van der Waals surface area (Å²) in [6.45, 7) is 1.49. The summed E-state index contributed by atoms with van der Waals surface area (Å²) in [5.41, 5.74) is 0.559. The van der Waals surface area contributed by atoms with E-state index in [-0.39, 0.29) is 0 Å². The Bertz CT molecular complexity index is 960. The number of hydrogen-bond donors (Lipinski definition) is 1. The van der Waals surface area contributed by atoms with Gasteiger partial charge in [0.2, 0.25) is 0 Å². The predicted molar refractivity (Wildman–Crippen MR) is 97.0 cm³/mol. The number of fused-ring (bicyclic) bond motifs is 1. The molecule has 3 heterocycles. The topological polar surface area (TPSA) is 70.6 Å². The van der Waals surface area contributed by atoms with Crippen LogP contribution in [0.15, 0.2) is 24.3 Å². The maximum Gasteiger partial charge on any atom is 0.297 e. The van der Waals surface area contributed by atoms with E-state index in [1.54, 1.807) is 6.07 Å². The Labute approximate surface area is 155 Å². The van der Waals surface area contributed by atoms with Crippen LogP contribution in [0.2, 0.25) is 0 Å². The Morgan fingerprint density at radius 1 is 0.963 bits per heavy atom. The van der Waals surface area contributed by atoms with Gasteiger partial charge < -0.3 is 4.90 Å². The summed E-state index contributed by atoms with van der Waals surface area (Å²) < 4.78 is 26.5. The van der Waals surface area contributed by atoms with Crippen molar-refractivity contribution >= 4 is 16.7 Å². The van der Waals surface area contributed by atoms with Crippen LogP contribution in [0, 0.1) is 0 Å². The molecule has 0 unspecified atom stereocenters. The van der Waals surface area contributed by atoms with E-state index in [0.29, 0.717) is 23.2 Å². The average Bonchev–Trinajstić information content (AvgIpc) is 3.44. The number of hydrogen-bond acceptors (Lipinski definition) is 5. The van der Waals surface area contributed by atoms with Gasteiger partial charge in [0.25, 0.3) is 6.43 Å². The fourth-order valence-corrected chi connectivity index (χ4v) is 3.78. The zero-order chi connectivity index (χ0) is 18.4. The fourth-order valence-electron chi connectivity index (χ4n) is 3.78. The van der Waals surface area contributed by atoms with E-state index in [2.05, 4.69) is 30.0 Å². The maximum atomic E-state index is 13.2. The molecule has 1 saturated heterocycles. The van der Waals surface area contributed by atoms with Crippen molar-refractivity contribution in [3.8, 4) is 0 Å². The van der Waals surface area contributed by atoms with Crippen LogP contribution in [0.3, 0.4) is 0 Å². The molecule has 1 saturated carbocycles. The van der Waals surface area contributed by atoms with Gasteiger partial charge in [-0.15, -0.1) is 0 Å². The number of piperidine rings is 1. The van der Waals surface area contributed by atoms with E-state index in [9.17, 15) is 8.78 Å². The van der Waals surface area contributed by atoms with E-state index in [1.807, 2.05) is 18.2 Å². The van der Waals surface area contributed by atoms with Crippen LogP contribution < -0.4 is 4.90 Å². The second kappa shape index (κ2) is 6.51. The molecule has 6 nitrogen and oxygen atoms in total. The van der Waals surface area contributed by atoms with Crippen LogP contribution in [-0.2, 0) is 0 Å². The Morgan fingerprint density at radius 3 is 2.48 bits per heavy atom. The summed E-state index contributed by atoms with van der Waals surface area (Å²) in [6, 6.07) is 7.34. The van der Waals surface area contributed by atoms with Gasteiger partial charge in [-0.2, -0.15) is 5.10 Å². The molecular weight excluding hydrogens is 350 g/mol. The quantitative estimate of drug-likeness (QED) is 0.753. The van der Waals surface area contributed by atoms with Crippen molar-refractivity contribution in [3.63, 3.8) is 0 Å². The van der Waals surface area contributed by atoms with E-state index >= 15 is 0 Å². The predicted octanol–water partition coefficient (Wildman–Crippen LogP) is 3.95. The number of aromatic nitrogens is 5. The van der Waals surface area contributed by atoms with Crippen LogP contribution in [0.5, 0.6) is 0 Å². The number of aromatic amines is 1. The Hall–Kier alpha value is -2.64. The van der Waals surface area contributed by atoms with Crippen molar-refractivity contribution in [1.82, 2.24) is 25.1 Å². The molecule has 5 rings (SSSR count). The van der Waals surface area contributed by atoms with E-state index in [0.717, 1.165) is 43.0 Å². The first kappa shape index (κ1) is 16.5. The molecule has 27 heavy (non-hydrogen) atoms. The third-order valence-electron chi connectivity index (χ3n) is 5.44. The van der Waals surface area contributed by atoms with Gasteiger partial charge in [0.1, 0.15) is 11.6 Å². The lowest BCUT2D eigenvalue weighted by Crippen LogP contribution is -2.34. The standard InChI is InChI=1S/C19H20F2N6/c20-15(21)18-22-14-4-2-1-3-13(14)19(24-18)27-9-7-12(8-10-27)17-23-16(25-26-17)11-5-6-11/h1-4,11-12,15H,5-10H2,(H,23,25,26). The van der Waals surface area contributed by atoms with Crippen molar-refractivity contribution in [2.75, 3.05) is 18.0 Å². The van der Waals surface area contributed by atoms with Crippen molar-refractivity contribution in [3.05, 3.63) is 41.7 Å². The minimum Gasteiger partial charge on any atom is -0.356 e. The zero-order valence-electron chi connectivity index (χ0n) is 14.8. The maximum absolute atomic E-state index is 13.2. The smallest absolute Gasteiger partial charge is 0.297 e. The molecule has 1 aliphatic heterocycles. The number of rotatable bonds is 4. The first-order valence-electron chi connectivity index (χ1n) is 9.41. The van der Waals surface area contributed by atoms with Gasteiger partial charge in [-0.3, -0.25) is 5.10 Å². The van der Waals surface area contributed by atoms with Gasteiger partial charge in [0, 0.05) is 30.3 Å². The summed E-state index contributed by atoms with van der Waals surface area (Å²) in [4.78, 5) is 15.0. The number of anilines is 1.